The molecule has 1 heterocycles. The van der Waals surface area contributed by atoms with Gasteiger partial charge in [0, 0.05) is 16.1 Å². The van der Waals surface area contributed by atoms with E-state index in [-0.39, 0.29) is 17.2 Å². The van der Waals surface area contributed by atoms with Gasteiger partial charge in [-0.1, -0.05) is 63.6 Å². The molecule has 1 aliphatic rings. The predicted octanol–water partition coefficient (Wildman–Crippen LogP) is 7.27. The van der Waals surface area contributed by atoms with Crippen LogP contribution in [0.15, 0.2) is 48.5 Å². The van der Waals surface area contributed by atoms with Gasteiger partial charge in [0.1, 0.15) is 5.00 Å². The number of carbonyl (C=O) groups excluding carboxylic acids is 2. The molecular formula is C29H34N2O2S. The Bertz CT molecular complexity index is 1220. The van der Waals surface area contributed by atoms with E-state index >= 15 is 0 Å². The monoisotopic (exact) mass is 474 g/mol. The Morgan fingerprint density at radius 3 is 2.50 bits per heavy atom. The standard InChI is InChI=1S/C29H34N2O2S/c1-6-19-11-7-8-13-23(19)30-27(33)25-22-15-14-21(29(3,4)5)17-24(22)34-28(25)31-26(32)20-12-9-10-18(2)16-20/h7-13,16,21H,6,14-15,17H2,1-5H3,(H,30,33)(H,31,32). The fraction of sp³-hybridized carbons (Fsp3) is 0.379. The van der Waals surface area contributed by atoms with Crippen LogP contribution in [-0.4, -0.2) is 11.8 Å². The predicted molar refractivity (Wildman–Crippen MR) is 142 cm³/mol. The van der Waals surface area contributed by atoms with Gasteiger partial charge < -0.3 is 10.6 Å². The minimum absolute atomic E-state index is 0.146. The quantitative estimate of drug-likeness (QED) is 0.408. The smallest absolute Gasteiger partial charge is 0.258 e. The molecule has 4 nitrogen and oxygen atoms in total. The number of nitrogens with one attached hydrogen (secondary N) is 2. The average Bonchev–Trinajstić information content (AvgIpc) is 3.16. The molecule has 178 valence electrons. The van der Waals surface area contributed by atoms with E-state index in [4.69, 9.17) is 0 Å². The summed E-state index contributed by atoms with van der Waals surface area (Å²) in [6.07, 6.45) is 3.68. The van der Waals surface area contributed by atoms with E-state index in [0.29, 0.717) is 22.0 Å². The van der Waals surface area contributed by atoms with Gasteiger partial charge in [0.25, 0.3) is 11.8 Å². The molecule has 2 aromatic carbocycles. The maximum atomic E-state index is 13.6. The Labute approximate surface area is 206 Å². The van der Waals surface area contributed by atoms with Crippen LogP contribution in [0.1, 0.15) is 76.4 Å². The summed E-state index contributed by atoms with van der Waals surface area (Å²) in [5.74, 6) is 0.223. The zero-order chi connectivity index (χ0) is 24.5. The molecular weight excluding hydrogens is 440 g/mol. The summed E-state index contributed by atoms with van der Waals surface area (Å²) in [4.78, 5) is 28.0. The number of aryl methyl sites for hydroxylation is 2. The molecule has 0 spiro atoms. The van der Waals surface area contributed by atoms with Crippen LogP contribution < -0.4 is 10.6 Å². The molecule has 34 heavy (non-hydrogen) atoms. The van der Waals surface area contributed by atoms with Crippen molar-refractivity contribution in [1.82, 2.24) is 0 Å². The van der Waals surface area contributed by atoms with Crippen molar-refractivity contribution >= 4 is 33.8 Å². The van der Waals surface area contributed by atoms with Crippen molar-refractivity contribution in [2.75, 3.05) is 10.6 Å². The third kappa shape index (κ3) is 5.10. The molecule has 4 rings (SSSR count). The number of amides is 2. The number of hydrogen-bond acceptors (Lipinski definition) is 3. The summed E-state index contributed by atoms with van der Waals surface area (Å²) in [6, 6.07) is 15.4. The van der Waals surface area contributed by atoms with Crippen LogP contribution in [0, 0.1) is 18.3 Å². The van der Waals surface area contributed by atoms with E-state index in [2.05, 4.69) is 38.3 Å². The number of para-hydroxylation sites is 1. The zero-order valence-corrected chi connectivity index (χ0v) is 21.6. The summed E-state index contributed by atoms with van der Waals surface area (Å²) in [5, 5.41) is 6.86. The Morgan fingerprint density at radius 1 is 1.03 bits per heavy atom. The first-order valence-corrected chi connectivity index (χ1v) is 12.9. The largest absolute Gasteiger partial charge is 0.322 e. The number of rotatable bonds is 5. The van der Waals surface area contributed by atoms with Crippen LogP contribution in [0.3, 0.4) is 0 Å². The first-order valence-electron chi connectivity index (χ1n) is 12.1. The molecule has 0 radical (unpaired) electrons. The first-order chi connectivity index (χ1) is 16.2. The van der Waals surface area contributed by atoms with Gasteiger partial charge in [-0.15, -0.1) is 11.3 Å². The Hall–Kier alpha value is -2.92. The number of hydrogen-bond donors (Lipinski definition) is 2. The maximum absolute atomic E-state index is 13.6. The van der Waals surface area contributed by atoms with Gasteiger partial charge in [-0.05, 0) is 73.3 Å². The molecule has 2 N–H and O–H groups in total. The lowest BCUT2D eigenvalue weighted by molar-refractivity contribution is 0.102. The van der Waals surface area contributed by atoms with Crippen molar-refractivity contribution in [1.29, 1.82) is 0 Å². The second kappa shape index (κ2) is 9.75. The van der Waals surface area contributed by atoms with Crippen LogP contribution >= 0.6 is 11.3 Å². The highest BCUT2D eigenvalue weighted by Crippen LogP contribution is 2.44. The van der Waals surface area contributed by atoms with E-state index in [1.807, 2.05) is 55.5 Å². The fourth-order valence-electron chi connectivity index (χ4n) is 4.75. The van der Waals surface area contributed by atoms with Gasteiger partial charge in [0.05, 0.1) is 5.56 Å². The van der Waals surface area contributed by atoms with Crippen LogP contribution in [0.2, 0.25) is 0 Å². The molecule has 2 amide bonds. The molecule has 0 saturated heterocycles. The molecule has 1 unspecified atom stereocenters. The SMILES string of the molecule is CCc1ccccc1NC(=O)c1c(NC(=O)c2cccc(C)c2)sc2c1CCC(C(C)(C)C)C2. The lowest BCUT2D eigenvalue weighted by atomic mass is 9.72. The van der Waals surface area contributed by atoms with Crippen LogP contribution in [0.5, 0.6) is 0 Å². The number of thiophene rings is 1. The second-order valence-corrected chi connectivity index (χ2v) is 11.4. The highest BCUT2D eigenvalue weighted by atomic mass is 32.1. The van der Waals surface area contributed by atoms with E-state index in [9.17, 15) is 9.59 Å². The normalized spacial score (nSPS) is 15.5. The Morgan fingerprint density at radius 2 is 1.79 bits per heavy atom. The van der Waals surface area contributed by atoms with Gasteiger partial charge in [-0.2, -0.15) is 0 Å². The highest BCUT2D eigenvalue weighted by Gasteiger charge is 2.34. The minimum atomic E-state index is -0.183. The van der Waals surface area contributed by atoms with Crippen molar-refractivity contribution < 1.29 is 9.59 Å². The molecule has 0 aliphatic heterocycles. The molecule has 0 saturated carbocycles. The zero-order valence-electron chi connectivity index (χ0n) is 20.7. The first kappa shape index (κ1) is 24.2. The van der Waals surface area contributed by atoms with Crippen molar-refractivity contribution in [2.45, 2.75) is 60.3 Å². The molecule has 1 aromatic heterocycles. The number of fused-ring (bicyclic) bond motifs is 1. The minimum Gasteiger partial charge on any atom is -0.322 e. The summed E-state index contributed by atoms with van der Waals surface area (Å²) < 4.78 is 0. The van der Waals surface area contributed by atoms with Gasteiger partial charge in [-0.3, -0.25) is 9.59 Å². The molecule has 1 aliphatic carbocycles. The van der Waals surface area contributed by atoms with Crippen molar-refractivity contribution in [3.05, 3.63) is 81.2 Å². The van der Waals surface area contributed by atoms with Gasteiger partial charge >= 0.3 is 0 Å². The van der Waals surface area contributed by atoms with Gasteiger partial charge in [0.15, 0.2) is 0 Å². The fourth-order valence-corrected chi connectivity index (χ4v) is 6.07. The summed E-state index contributed by atoms with van der Waals surface area (Å²) in [6.45, 7) is 10.9. The van der Waals surface area contributed by atoms with E-state index in [1.54, 1.807) is 11.3 Å². The van der Waals surface area contributed by atoms with Crippen molar-refractivity contribution in [3.63, 3.8) is 0 Å². The van der Waals surface area contributed by atoms with Crippen LogP contribution in [-0.2, 0) is 19.3 Å². The van der Waals surface area contributed by atoms with Crippen LogP contribution in [0.4, 0.5) is 10.7 Å². The van der Waals surface area contributed by atoms with E-state index < -0.39 is 0 Å². The third-order valence-corrected chi connectivity index (χ3v) is 8.04. The summed E-state index contributed by atoms with van der Waals surface area (Å²) >= 11 is 1.57. The molecule has 3 aromatic rings. The van der Waals surface area contributed by atoms with Gasteiger partial charge in [-0.25, -0.2) is 0 Å². The number of carbonyl (C=O) groups is 2. The van der Waals surface area contributed by atoms with Gasteiger partial charge in [0.2, 0.25) is 0 Å². The third-order valence-electron chi connectivity index (χ3n) is 6.87. The molecule has 0 fully saturated rings. The second-order valence-electron chi connectivity index (χ2n) is 10.3. The maximum Gasteiger partial charge on any atom is 0.258 e. The van der Waals surface area contributed by atoms with E-state index in [1.165, 1.54) is 4.88 Å². The molecule has 5 heteroatoms. The Balaban J connectivity index is 1.70. The summed E-state index contributed by atoms with van der Waals surface area (Å²) in [5.41, 5.74) is 5.47. The molecule has 0 bridgehead atoms. The lowest BCUT2D eigenvalue weighted by Crippen LogP contribution is -2.27. The lowest BCUT2D eigenvalue weighted by Gasteiger charge is -2.33. The van der Waals surface area contributed by atoms with Crippen LogP contribution in [0.25, 0.3) is 0 Å². The topological polar surface area (TPSA) is 58.2 Å². The number of benzene rings is 2. The molecule has 1 atom stereocenters. The Kier molecular flexibility index (Phi) is 6.94. The number of anilines is 2. The average molecular weight is 475 g/mol. The summed E-state index contributed by atoms with van der Waals surface area (Å²) in [7, 11) is 0. The van der Waals surface area contributed by atoms with Crippen molar-refractivity contribution in [3.8, 4) is 0 Å². The van der Waals surface area contributed by atoms with E-state index in [0.717, 1.165) is 48.1 Å². The van der Waals surface area contributed by atoms with Crippen molar-refractivity contribution in [2.24, 2.45) is 11.3 Å². The highest BCUT2D eigenvalue weighted by molar-refractivity contribution is 7.17.